The Kier molecular flexibility index (Phi) is 3.50. The van der Waals surface area contributed by atoms with Gasteiger partial charge in [0, 0.05) is 16.6 Å². The van der Waals surface area contributed by atoms with Gasteiger partial charge in [0.15, 0.2) is 0 Å². The molecule has 0 unspecified atom stereocenters. The van der Waals surface area contributed by atoms with Crippen molar-refractivity contribution in [3.63, 3.8) is 0 Å². The summed E-state index contributed by atoms with van der Waals surface area (Å²) in [7, 11) is 0. The first-order valence-corrected chi connectivity index (χ1v) is 6.18. The molecule has 0 aliphatic heterocycles. The summed E-state index contributed by atoms with van der Waals surface area (Å²) in [5.41, 5.74) is 9.42. The van der Waals surface area contributed by atoms with Crippen LogP contribution in [0.1, 0.15) is 38.3 Å². The maximum absolute atomic E-state index is 6.12. The van der Waals surface area contributed by atoms with Gasteiger partial charge in [0.1, 0.15) is 0 Å². The predicted molar refractivity (Wildman–Crippen MR) is 70.6 cm³/mol. The Balaban J connectivity index is 2.09. The van der Waals surface area contributed by atoms with Crippen molar-refractivity contribution in [1.29, 1.82) is 0 Å². The SMILES string of the molecule is CCCCCCc1[nH]c2ccccc2c1N. The highest BCUT2D eigenvalue weighted by Crippen LogP contribution is 2.25. The van der Waals surface area contributed by atoms with Crippen LogP contribution in [0.3, 0.4) is 0 Å². The van der Waals surface area contributed by atoms with Crippen molar-refractivity contribution in [2.24, 2.45) is 0 Å². The van der Waals surface area contributed by atoms with E-state index in [0.717, 1.165) is 23.0 Å². The number of nitrogen functional groups attached to an aromatic ring is 1. The number of aryl methyl sites for hydroxylation is 1. The molecule has 3 N–H and O–H groups in total. The molecule has 0 atom stereocenters. The van der Waals surface area contributed by atoms with E-state index in [0.29, 0.717) is 0 Å². The normalized spacial score (nSPS) is 11.1. The van der Waals surface area contributed by atoms with E-state index in [-0.39, 0.29) is 0 Å². The summed E-state index contributed by atoms with van der Waals surface area (Å²) in [6.45, 7) is 2.23. The fourth-order valence-electron chi connectivity index (χ4n) is 2.15. The van der Waals surface area contributed by atoms with Crippen LogP contribution >= 0.6 is 0 Å². The van der Waals surface area contributed by atoms with E-state index in [2.05, 4.69) is 24.0 Å². The number of nitrogens with two attached hydrogens (primary N) is 1. The summed E-state index contributed by atoms with van der Waals surface area (Å²) in [5.74, 6) is 0. The van der Waals surface area contributed by atoms with Gasteiger partial charge in [-0.25, -0.2) is 0 Å². The Bertz CT molecular complexity index is 457. The third-order valence-electron chi connectivity index (χ3n) is 3.11. The number of aromatic nitrogens is 1. The molecule has 0 aliphatic rings. The minimum Gasteiger partial charge on any atom is -0.397 e. The highest BCUT2D eigenvalue weighted by Gasteiger charge is 2.06. The molecule has 2 rings (SSSR count). The molecule has 0 radical (unpaired) electrons. The van der Waals surface area contributed by atoms with Gasteiger partial charge in [-0.1, -0.05) is 44.4 Å². The lowest BCUT2D eigenvalue weighted by molar-refractivity contribution is 0.663. The van der Waals surface area contributed by atoms with Gasteiger partial charge < -0.3 is 10.7 Å². The van der Waals surface area contributed by atoms with Crippen LogP contribution in [-0.2, 0) is 6.42 Å². The lowest BCUT2D eigenvalue weighted by Crippen LogP contribution is -1.92. The van der Waals surface area contributed by atoms with Crippen LogP contribution in [0.15, 0.2) is 24.3 Å². The van der Waals surface area contributed by atoms with Crippen molar-refractivity contribution in [2.75, 3.05) is 5.73 Å². The number of hydrogen-bond donors (Lipinski definition) is 2. The molecule has 1 aromatic heterocycles. The minimum atomic E-state index is 0.937. The summed E-state index contributed by atoms with van der Waals surface area (Å²) in [4.78, 5) is 3.42. The lowest BCUT2D eigenvalue weighted by atomic mass is 10.1. The van der Waals surface area contributed by atoms with Crippen LogP contribution in [0.4, 0.5) is 5.69 Å². The third-order valence-corrected chi connectivity index (χ3v) is 3.11. The Morgan fingerprint density at radius 3 is 2.69 bits per heavy atom. The molecule has 1 aromatic carbocycles. The third kappa shape index (κ3) is 2.21. The molecule has 0 saturated heterocycles. The van der Waals surface area contributed by atoms with Crippen molar-refractivity contribution >= 4 is 16.6 Å². The van der Waals surface area contributed by atoms with Crippen LogP contribution in [0.5, 0.6) is 0 Å². The van der Waals surface area contributed by atoms with E-state index in [1.165, 1.54) is 31.4 Å². The lowest BCUT2D eigenvalue weighted by Gasteiger charge is -1.99. The molecule has 0 bridgehead atoms. The van der Waals surface area contributed by atoms with E-state index in [9.17, 15) is 0 Å². The monoisotopic (exact) mass is 216 g/mol. The molecular weight excluding hydrogens is 196 g/mol. The Morgan fingerprint density at radius 2 is 1.94 bits per heavy atom. The van der Waals surface area contributed by atoms with Crippen molar-refractivity contribution < 1.29 is 0 Å². The van der Waals surface area contributed by atoms with Crippen LogP contribution in [0.2, 0.25) is 0 Å². The first-order valence-electron chi connectivity index (χ1n) is 6.18. The van der Waals surface area contributed by atoms with Gasteiger partial charge in [0.2, 0.25) is 0 Å². The van der Waals surface area contributed by atoms with E-state index < -0.39 is 0 Å². The molecule has 0 spiro atoms. The number of fused-ring (bicyclic) bond motifs is 1. The number of nitrogens with one attached hydrogen (secondary N) is 1. The fraction of sp³-hybridized carbons (Fsp3) is 0.429. The maximum atomic E-state index is 6.12. The van der Waals surface area contributed by atoms with Gasteiger partial charge in [-0.2, -0.15) is 0 Å². The number of hydrogen-bond acceptors (Lipinski definition) is 1. The van der Waals surface area contributed by atoms with Crippen LogP contribution in [0, 0.1) is 0 Å². The van der Waals surface area contributed by atoms with E-state index in [4.69, 9.17) is 5.73 Å². The Hall–Kier alpha value is -1.44. The first kappa shape index (κ1) is 11.1. The summed E-state index contributed by atoms with van der Waals surface area (Å²) in [6, 6.07) is 8.24. The summed E-state index contributed by atoms with van der Waals surface area (Å²) in [6.07, 6.45) is 6.19. The number of rotatable bonds is 5. The molecule has 86 valence electrons. The van der Waals surface area contributed by atoms with Gasteiger partial charge in [-0.3, -0.25) is 0 Å². The molecular formula is C14H20N2. The number of aromatic amines is 1. The smallest absolute Gasteiger partial charge is 0.0605 e. The van der Waals surface area contributed by atoms with Crippen molar-refractivity contribution in [3.05, 3.63) is 30.0 Å². The van der Waals surface area contributed by atoms with E-state index in [1.54, 1.807) is 0 Å². The molecule has 2 nitrogen and oxygen atoms in total. The molecule has 0 saturated carbocycles. The second-order valence-corrected chi connectivity index (χ2v) is 4.37. The topological polar surface area (TPSA) is 41.8 Å². The molecule has 0 amide bonds. The van der Waals surface area contributed by atoms with Crippen LogP contribution in [-0.4, -0.2) is 4.98 Å². The van der Waals surface area contributed by atoms with Gasteiger partial charge in [0.05, 0.1) is 5.69 Å². The second-order valence-electron chi connectivity index (χ2n) is 4.37. The molecule has 16 heavy (non-hydrogen) atoms. The van der Waals surface area contributed by atoms with Crippen molar-refractivity contribution in [2.45, 2.75) is 39.0 Å². The quantitative estimate of drug-likeness (QED) is 0.732. The summed E-state index contributed by atoms with van der Waals surface area (Å²) < 4.78 is 0. The zero-order chi connectivity index (χ0) is 11.4. The highest BCUT2D eigenvalue weighted by molar-refractivity contribution is 5.93. The zero-order valence-electron chi connectivity index (χ0n) is 9.92. The largest absolute Gasteiger partial charge is 0.397 e. The van der Waals surface area contributed by atoms with Crippen molar-refractivity contribution in [1.82, 2.24) is 4.98 Å². The molecule has 2 heteroatoms. The highest BCUT2D eigenvalue weighted by atomic mass is 14.8. The van der Waals surface area contributed by atoms with Gasteiger partial charge in [-0.15, -0.1) is 0 Å². The first-order chi connectivity index (χ1) is 7.83. The molecule has 0 aliphatic carbocycles. The zero-order valence-corrected chi connectivity index (χ0v) is 9.92. The average molecular weight is 216 g/mol. The minimum absolute atomic E-state index is 0.937. The molecule has 1 heterocycles. The number of unbranched alkanes of at least 4 members (excludes halogenated alkanes) is 3. The van der Waals surface area contributed by atoms with Crippen LogP contribution < -0.4 is 5.73 Å². The Morgan fingerprint density at radius 1 is 1.12 bits per heavy atom. The molecule has 2 aromatic rings. The van der Waals surface area contributed by atoms with Crippen molar-refractivity contribution in [3.8, 4) is 0 Å². The maximum Gasteiger partial charge on any atom is 0.0605 e. The fourth-order valence-corrected chi connectivity index (χ4v) is 2.15. The van der Waals surface area contributed by atoms with Crippen LogP contribution in [0.25, 0.3) is 10.9 Å². The standard InChI is InChI=1S/C14H20N2/c1-2-3-4-5-10-13-14(15)11-8-6-7-9-12(11)16-13/h6-9,16H,2-5,10,15H2,1H3. The van der Waals surface area contributed by atoms with Gasteiger partial charge in [0.25, 0.3) is 0 Å². The number of anilines is 1. The average Bonchev–Trinajstić information content (AvgIpc) is 2.63. The number of H-pyrrole nitrogens is 1. The van der Waals surface area contributed by atoms with E-state index in [1.807, 2.05) is 12.1 Å². The van der Waals surface area contributed by atoms with Gasteiger partial charge >= 0.3 is 0 Å². The summed E-state index contributed by atoms with van der Waals surface area (Å²) >= 11 is 0. The van der Waals surface area contributed by atoms with Gasteiger partial charge in [-0.05, 0) is 18.9 Å². The predicted octanol–water partition coefficient (Wildman–Crippen LogP) is 3.87. The van der Waals surface area contributed by atoms with E-state index >= 15 is 0 Å². The summed E-state index contributed by atoms with van der Waals surface area (Å²) in [5, 5.41) is 1.16. The number of para-hydroxylation sites is 1. The second kappa shape index (κ2) is 5.06. The Labute approximate surface area is 96.9 Å². The molecule has 0 fully saturated rings. The number of benzene rings is 1.